The lowest BCUT2D eigenvalue weighted by atomic mass is 9.98. The van der Waals surface area contributed by atoms with Crippen molar-refractivity contribution in [3.63, 3.8) is 0 Å². The van der Waals surface area contributed by atoms with Crippen molar-refractivity contribution in [2.24, 2.45) is 0 Å². The molecule has 2 aromatic heterocycles. The Morgan fingerprint density at radius 3 is 1.60 bits per heavy atom. The summed E-state index contributed by atoms with van der Waals surface area (Å²) in [5.41, 5.74) is 12.9. The molecule has 2 heteroatoms. The highest BCUT2D eigenvalue weighted by molar-refractivity contribution is 6.10. The molecule has 0 saturated heterocycles. The van der Waals surface area contributed by atoms with Crippen molar-refractivity contribution in [1.29, 1.82) is 0 Å². The van der Waals surface area contributed by atoms with Crippen LogP contribution in [0.15, 0.2) is 158 Å². The van der Waals surface area contributed by atoms with Crippen molar-refractivity contribution in [2.45, 2.75) is 27.2 Å². The minimum Gasteiger partial charge on any atom is -0.309 e. The van der Waals surface area contributed by atoms with E-state index in [1.165, 1.54) is 61.4 Å². The van der Waals surface area contributed by atoms with Crippen molar-refractivity contribution in [3.8, 4) is 33.6 Å². The third kappa shape index (κ3) is 5.46. The summed E-state index contributed by atoms with van der Waals surface area (Å²) in [6.45, 7) is 10.5. The average molecular weight is 621 g/mol. The van der Waals surface area contributed by atoms with Gasteiger partial charge in [0.25, 0.3) is 0 Å². The van der Waals surface area contributed by atoms with Crippen molar-refractivity contribution in [3.05, 3.63) is 170 Å². The first-order valence-electron chi connectivity index (χ1n) is 16.8. The highest BCUT2D eigenvalue weighted by atomic mass is 15.0. The van der Waals surface area contributed by atoms with Crippen molar-refractivity contribution in [2.75, 3.05) is 0 Å². The van der Waals surface area contributed by atoms with E-state index in [0.717, 1.165) is 22.6 Å². The molecule has 2 nitrogen and oxygen atoms in total. The molecule has 8 aromatic rings. The van der Waals surface area contributed by atoms with Gasteiger partial charge in [-0.2, -0.15) is 0 Å². The SMILES string of the molecule is C=Cc1c(/C=C\C)n(-c2ccc3c(c2)c2ccccc2n3-c2cc(-c3ccccc3)cc(-c3ccccc3)c2)c2ccccc12.CCC. The van der Waals surface area contributed by atoms with Gasteiger partial charge in [-0.25, -0.2) is 0 Å². The van der Waals surface area contributed by atoms with E-state index in [-0.39, 0.29) is 0 Å². The standard InChI is InChI=1S/C43H32N2.C3H8/c1-3-15-40-36(4-2)37-20-11-13-22-41(37)44(40)34-24-25-43-39(29-34)38-21-12-14-23-42(38)45(43)35-27-32(30-16-7-5-8-17-30)26-33(28-35)31-18-9-6-10-19-31;1-3-2/h3-29H,2H2,1H3;3H2,1-2H3/b15-3-;. The Morgan fingerprint density at radius 2 is 1.02 bits per heavy atom. The molecule has 0 aliphatic rings. The van der Waals surface area contributed by atoms with Gasteiger partial charge in [-0.3, -0.25) is 0 Å². The molecule has 0 fully saturated rings. The van der Waals surface area contributed by atoms with Gasteiger partial charge < -0.3 is 9.13 Å². The lowest BCUT2D eigenvalue weighted by Gasteiger charge is -2.14. The lowest BCUT2D eigenvalue weighted by molar-refractivity contribution is 1.09. The summed E-state index contributed by atoms with van der Waals surface area (Å²) in [5, 5.41) is 3.65. The molecule has 6 aromatic carbocycles. The monoisotopic (exact) mass is 620 g/mol. The zero-order chi connectivity index (χ0) is 33.0. The Kier molecular flexibility index (Phi) is 8.64. The van der Waals surface area contributed by atoms with Crippen molar-refractivity contribution >= 4 is 44.9 Å². The zero-order valence-electron chi connectivity index (χ0n) is 27.9. The third-order valence-electron chi connectivity index (χ3n) is 8.79. The van der Waals surface area contributed by atoms with Gasteiger partial charge in [0.1, 0.15) is 0 Å². The maximum absolute atomic E-state index is 4.17. The smallest absolute Gasteiger partial charge is 0.0542 e. The van der Waals surface area contributed by atoms with E-state index in [1.807, 2.05) is 6.08 Å². The quantitative estimate of drug-likeness (QED) is 0.175. The second kappa shape index (κ2) is 13.5. The van der Waals surface area contributed by atoms with E-state index in [0.29, 0.717) is 0 Å². The first-order chi connectivity index (χ1) is 23.7. The summed E-state index contributed by atoms with van der Waals surface area (Å²) in [5.74, 6) is 0. The van der Waals surface area contributed by atoms with E-state index in [1.54, 1.807) is 0 Å². The molecule has 0 atom stereocenters. The van der Waals surface area contributed by atoms with Crippen LogP contribution in [0.2, 0.25) is 0 Å². The fourth-order valence-corrected chi connectivity index (χ4v) is 6.81. The van der Waals surface area contributed by atoms with Crippen molar-refractivity contribution < 1.29 is 0 Å². The van der Waals surface area contributed by atoms with E-state index in [2.05, 4.69) is 194 Å². The maximum atomic E-state index is 4.17. The second-order valence-corrected chi connectivity index (χ2v) is 12.1. The molecule has 48 heavy (non-hydrogen) atoms. The predicted molar refractivity (Wildman–Crippen MR) is 209 cm³/mol. The Labute approximate surface area is 283 Å². The first-order valence-corrected chi connectivity index (χ1v) is 16.8. The summed E-state index contributed by atoms with van der Waals surface area (Å²) < 4.78 is 4.78. The average Bonchev–Trinajstić information content (AvgIpc) is 3.64. The van der Waals surface area contributed by atoms with E-state index < -0.39 is 0 Å². The minimum absolute atomic E-state index is 1.13. The summed E-state index contributed by atoms with van der Waals surface area (Å²) in [7, 11) is 0. The van der Waals surface area contributed by atoms with E-state index in [4.69, 9.17) is 0 Å². The third-order valence-corrected chi connectivity index (χ3v) is 8.79. The van der Waals surface area contributed by atoms with E-state index >= 15 is 0 Å². The zero-order valence-corrected chi connectivity index (χ0v) is 27.9. The number of aromatic nitrogens is 2. The number of nitrogens with zero attached hydrogens (tertiary/aromatic N) is 2. The molecule has 0 spiro atoms. The topological polar surface area (TPSA) is 9.86 Å². The Balaban J connectivity index is 0.00000117. The van der Waals surface area contributed by atoms with Gasteiger partial charge in [-0.1, -0.05) is 136 Å². The van der Waals surface area contributed by atoms with Crippen LogP contribution >= 0.6 is 0 Å². The molecule has 0 saturated carbocycles. The number of benzene rings is 6. The number of hydrogen-bond donors (Lipinski definition) is 0. The van der Waals surface area contributed by atoms with Crippen LogP contribution in [0.25, 0.3) is 78.5 Å². The largest absolute Gasteiger partial charge is 0.309 e. The molecule has 0 radical (unpaired) electrons. The number of para-hydroxylation sites is 2. The van der Waals surface area contributed by atoms with Gasteiger partial charge >= 0.3 is 0 Å². The minimum atomic E-state index is 1.13. The van der Waals surface area contributed by atoms with Gasteiger partial charge in [0.05, 0.1) is 22.2 Å². The Hall–Kier alpha value is -5.86. The molecule has 234 valence electrons. The van der Waals surface area contributed by atoms with Crippen LogP contribution in [0.1, 0.15) is 38.4 Å². The molecular weight excluding hydrogens is 581 g/mol. The predicted octanol–water partition coefficient (Wildman–Crippen LogP) is 13.2. The first kappa shape index (κ1) is 30.8. The summed E-state index contributed by atoms with van der Waals surface area (Å²) >= 11 is 0. The van der Waals surface area contributed by atoms with Gasteiger partial charge in [0.2, 0.25) is 0 Å². The van der Waals surface area contributed by atoms with Crippen LogP contribution in [0.3, 0.4) is 0 Å². The normalized spacial score (nSPS) is 11.3. The van der Waals surface area contributed by atoms with Crippen LogP contribution in [-0.4, -0.2) is 9.13 Å². The lowest BCUT2D eigenvalue weighted by Crippen LogP contribution is -1.98. The molecule has 0 aliphatic heterocycles. The van der Waals surface area contributed by atoms with Gasteiger partial charge in [0.15, 0.2) is 0 Å². The summed E-state index contributed by atoms with van der Waals surface area (Å²) in [6.07, 6.45) is 7.51. The highest BCUT2D eigenvalue weighted by Gasteiger charge is 2.18. The molecular formula is C46H40N2. The molecule has 0 unspecified atom stereocenters. The van der Waals surface area contributed by atoms with Crippen LogP contribution in [-0.2, 0) is 0 Å². The van der Waals surface area contributed by atoms with Gasteiger partial charge in [-0.15, -0.1) is 0 Å². The second-order valence-electron chi connectivity index (χ2n) is 12.1. The Bertz CT molecular complexity index is 2340. The summed E-state index contributed by atoms with van der Waals surface area (Å²) in [4.78, 5) is 0. The molecule has 8 rings (SSSR count). The molecule has 0 bridgehead atoms. The fourth-order valence-electron chi connectivity index (χ4n) is 6.81. The molecule has 2 heterocycles. The van der Waals surface area contributed by atoms with Crippen LogP contribution < -0.4 is 0 Å². The molecule has 0 aliphatic carbocycles. The molecule has 0 N–H and O–H groups in total. The maximum Gasteiger partial charge on any atom is 0.0542 e. The van der Waals surface area contributed by atoms with Crippen LogP contribution in [0.5, 0.6) is 0 Å². The van der Waals surface area contributed by atoms with Crippen LogP contribution in [0.4, 0.5) is 0 Å². The van der Waals surface area contributed by atoms with Gasteiger partial charge in [-0.05, 0) is 83.8 Å². The van der Waals surface area contributed by atoms with E-state index in [9.17, 15) is 0 Å². The number of hydrogen-bond acceptors (Lipinski definition) is 0. The van der Waals surface area contributed by atoms with Gasteiger partial charge in [0, 0.05) is 33.1 Å². The number of allylic oxidation sites excluding steroid dienone is 1. The number of fused-ring (bicyclic) bond motifs is 4. The van der Waals surface area contributed by atoms with Crippen LogP contribution in [0, 0.1) is 0 Å². The van der Waals surface area contributed by atoms with Crippen molar-refractivity contribution in [1.82, 2.24) is 9.13 Å². The highest BCUT2D eigenvalue weighted by Crippen LogP contribution is 2.38. The Morgan fingerprint density at radius 1 is 0.500 bits per heavy atom. The number of rotatable bonds is 6. The summed E-state index contributed by atoms with van der Waals surface area (Å²) in [6, 6.07) is 52.5. The molecule has 0 amide bonds. The fraction of sp³-hybridized carbons (Fsp3) is 0.0870.